The molecule has 0 aliphatic heterocycles. The predicted octanol–water partition coefficient (Wildman–Crippen LogP) is -0.939. The van der Waals surface area contributed by atoms with Gasteiger partial charge < -0.3 is 16.6 Å². The summed E-state index contributed by atoms with van der Waals surface area (Å²) in [5.74, 6) is 0. The standard InChI is InChI=1S/C9H14ClN5O/c10-6-1-2-7-8(3-6)14-15(13-7)4-9(11,12)5-16/h1-2,6,16H,3-5,11-12H2. The monoisotopic (exact) mass is 243 g/mol. The second-order valence-corrected chi connectivity index (χ2v) is 4.59. The van der Waals surface area contributed by atoms with Crippen LogP contribution in [0.2, 0.25) is 0 Å². The second kappa shape index (κ2) is 4.14. The zero-order chi connectivity index (χ0) is 11.8. The molecule has 16 heavy (non-hydrogen) atoms. The zero-order valence-corrected chi connectivity index (χ0v) is 9.43. The summed E-state index contributed by atoms with van der Waals surface area (Å²) in [6.07, 6.45) is 4.34. The Labute approximate surface area is 97.9 Å². The highest BCUT2D eigenvalue weighted by molar-refractivity contribution is 6.22. The van der Waals surface area contributed by atoms with Gasteiger partial charge in [-0.15, -0.1) is 11.6 Å². The molecule has 0 bridgehead atoms. The van der Waals surface area contributed by atoms with Crippen molar-refractivity contribution in [1.29, 1.82) is 0 Å². The third-order valence-electron chi connectivity index (χ3n) is 2.34. The molecule has 0 saturated heterocycles. The number of allylic oxidation sites excluding steroid dienone is 1. The molecule has 1 unspecified atom stereocenters. The minimum absolute atomic E-state index is 0.0454. The lowest BCUT2D eigenvalue weighted by Crippen LogP contribution is -2.56. The van der Waals surface area contributed by atoms with Gasteiger partial charge in [0.1, 0.15) is 11.4 Å². The SMILES string of the molecule is NC(N)(CO)Cn1nc2c(n1)CC(Cl)C=C2. The number of fused-ring (bicyclic) bond motifs is 1. The van der Waals surface area contributed by atoms with E-state index in [1.807, 2.05) is 12.2 Å². The summed E-state index contributed by atoms with van der Waals surface area (Å²) in [5, 5.41) is 17.3. The molecule has 1 aromatic heterocycles. The summed E-state index contributed by atoms with van der Waals surface area (Å²) in [7, 11) is 0. The second-order valence-electron chi connectivity index (χ2n) is 4.03. The molecule has 1 heterocycles. The number of aliphatic hydroxyl groups excluding tert-OH is 1. The van der Waals surface area contributed by atoms with Crippen LogP contribution in [-0.2, 0) is 13.0 Å². The van der Waals surface area contributed by atoms with Crippen LogP contribution in [0, 0.1) is 0 Å². The third kappa shape index (κ3) is 2.41. The Hall–Kier alpha value is -0.950. The summed E-state index contributed by atoms with van der Waals surface area (Å²) >= 11 is 5.96. The van der Waals surface area contributed by atoms with E-state index in [1.165, 1.54) is 4.80 Å². The molecule has 88 valence electrons. The maximum atomic E-state index is 8.95. The van der Waals surface area contributed by atoms with Crippen LogP contribution in [0.3, 0.4) is 0 Å². The van der Waals surface area contributed by atoms with E-state index in [1.54, 1.807) is 0 Å². The first kappa shape index (κ1) is 11.5. The van der Waals surface area contributed by atoms with Crippen LogP contribution in [0.25, 0.3) is 6.08 Å². The molecule has 7 heteroatoms. The van der Waals surface area contributed by atoms with E-state index in [2.05, 4.69) is 10.2 Å². The van der Waals surface area contributed by atoms with E-state index in [-0.39, 0.29) is 18.5 Å². The lowest BCUT2D eigenvalue weighted by Gasteiger charge is -2.20. The van der Waals surface area contributed by atoms with E-state index in [0.29, 0.717) is 6.42 Å². The highest BCUT2D eigenvalue weighted by atomic mass is 35.5. The Morgan fingerprint density at radius 3 is 3.00 bits per heavy atom. The maximum Gasteiger partial charge on any atom is 0.109 e. The molecular formula is C9H14ClN5O. The largest absolute Gasteiger partial charge is 0.393 e. The first-order valence-electron chi connectivity index (χ1n) is 4.95. The van der Waals surface area contributed by atoms with E-state index in [9.17, 15) is 0 Å². The van der Waals surface area contributed by atoms with Crippen molar-refractivity contribution in [2.24, 2.45) is 11.5 Å². The molecule has 6 nitrogen and oxygen atoms in total. The number of hydrogen-bond donors (Lipinski definition) is 3. The Morgan fingerprint density at radius 1 is 1.56 bits per heavy atom. The zero-order valence-electron chi connectivity index (χ0n) is 8.67. The van der Waals surface area contributed by atoms with Crippen LogP contribution < -0.4 is 11.5 Å². The Morgan fingerprint density at radius 2 is 2.31 bits per heavy atom. The van der Waals surface area contributed by atoms with Gasteiger partial charge in [0, 0.05) is 6.42 Å². The van der Waals surface area contributed by atoms with Gasteiger partial charge in [0.2, 0.25) is 0 Å². The molecule has 0 fully saturated rings. The number of aliphatic hydroxyl groups is 1. The van der Waals surface area contributed by atoms with Crippen molar-refractivity contribution in [3.8, 4) is 0 Å². The van der Waals surface area contributed by atoms with Crippen LogP contribution in [0.4, 0.5) is 0 Å². The van der Waals surface area contributed by atoms with Crippen LogP contribution in [0.5, 0.6) is 0 Å². The smallest absolute Gasteiger partial charge is 0.109 e. The van der Waals surface area contributed by atoms with Gasteiger partial charge in [0.25, 0.3) is 0 Å². The molecule has 2 rings (SSSR count). The van der Waals surface area contributed by atoms with Gasteiger partial charge in [-0.25, -0.2) is 0 Å². The quantitative estimate of drug-likeness (QED) is 0.470. The highest BCUT2D eigenvalue weighted by Gasteiger charge is 2.22. The van der Waals surface area contributed by atoms with Crippen LogP contribution >= 0.6 is 11.6 Å². The fourth-order valence-corrected chi connectivity index (χ4v) is 1.72. The van der Waals surface area contributed by atoms with Gasteiger partial charge in [-0.05, 0) is 6.08 Å². The number of halogens is 1. The van der Waals surface area contributed by atoms with Crippen LogP contribution in [0.1, 0.15) is 11.4 Å². The van der Waals surface area contributed by atoms with Crippen molar-refractivity contribution in [3.63, 3.8) is 0 Å². The van der Waals surface area contributed by atoms with E-state index < -0.39 is 5.66 Å². The summed E-state index contributed by atoms with van der Waals surface area (Å²) in [4.78, 5) is 1.40. The Kier molecular flexibility index (Phi) is 2.98. The summed E-state index contributed by atoms with van der Waals surface area (Å²) in [5.41, 5.74) is 11.6. The number of aromatic nitrogens is 3. The van der Waals surface area contributed by atoms with E-state index in [4.69, 9.17) is 28.2 Å². The molecule has 0 aromatic carbocycles. The average Bonchev–Trinajstić information content (AvgIpc) is 2.58. The minimum Gasteiger partial charge on any atom is -0.393 e. The molecule has 1 aliphatic rings. The molecule has 0 spiro atoms. The summed E-state index contributed by atoms with van der Waals surface area (Å²) in [6, 6.07) is 0. The van der Waals surface area contributed by atoms with Crippen LogP contribution in [0.15, 0.2) is 6.08 Å². The predicted molar refractivity (Wildman–Crippen MR) is 60.6 cm³/mol. The van der Waals surface area contributed by atoms with Gasteiger partial charge in [-0.2, -0.15) is 15.0 Å². The topological polar surface area (TPSA) is 103 Å². The molecule has 1 aromatic rings. The van der Waals surface area contributed by atoms with Gasteiger partial charge in [0.05, 0.1) is 24.2 Å². The van der Waals surface area contributed by atoms with Crippen molar-refractivity contribution in [2.75, 3.05) is 6.61 Å². The van der Waals surface area contributed by atoms with Crippen molar-refractivity contribution in [2.45, 2.75) is 24.0 Å². The highest BCUT2D eigenvalue weighted by Crippen LogP contribution is 2.18. The fraction of sp³-hybridized carbons (Fsp3) is 0.556. The molecule has 0 amide bonds. The summed E-state index contributed by atoms with van der Waals surface area (Å²) in [6.45, 7) is -0.162. The Balaban J connectivity index is 2.17. The van der Waals surface area contributed by atoms with E-state index >= 15 is 0 Å². The number of alkyl halides is 1. The third-order valence-corrected chi connectivity index (χ3v) is 2.64. The first-order chi connectivity index (χ1) is 7.50. The van der Waals surface area contributed by atoms with Gasteiger partial charge in [-0.3, -0.25) is 0 Å². The molecule has 1 atom stereocenters. The van der Waals surface area contributed by atoms with Crippen molar-refractivity contribution >= 4 is 17.7 Å². The fourth-order valence-electron chi connectivity index (χ4n) is 1.50. The van der Waals surface area contributed by atoms with Crippen molar-refractivity contribution < 1.29 is 5.11 Å². The van der Waals surface area contributed by atoms with Crippen molar-refractivity contribution in [1.82, 2.24) is 15.0 Å². The molecule has 1 aliphatic carbocycles. The number of hydrogen-bond acceptors (Lipinski definition) is 5. The van der Waals surface area contributed by atoms with Gasteiger partial charge in [-0.1, -0.05) is 6.08 Å². The van der Waals surface area contributed by atoms with Gasteiger partial charge in [0.15, 0.2) is 0 Å². The normalized spacial score (nSPS) is 19.9. The Bertz CT molecular complexity index is 414. The first-order valence-corrected chi connectivity index (χ1v) is 5.39. The molecule has 5 N–H and O–H groups in total. The van der Waals surface area contributed by atoms with Crippen LogP contribution in [-0.4, -0.2) is 37.7 Å². The molecule has 0 saturated carbocycles. The van der Waals surface area contributed by atoms with Crippen molar-refractivity contribution in [3.05, 3.63) is 17.5 Å². The number of nitrogens with two attached hydrogens (primary N) is 2. The number of rotatable bonds is 3. The molecular weight excluding hydrogens is 230 g/mol. The molecule has 0 radical (unpaired) electrons. The average molecular weight is 244 g/mol. The maximum absolute atomic E-state index is 8.95. The minimum atomic E-state index is -1.20. The van der Waals surface area contributed by atoms with Gasteiger partial charge >= 0.3 is 0 Å². The lowest BCUT2D eigenvalue weighted by atomic mass is 10.1. The summed E-state index contributed by atoms with van der Waals surface area (Å²) < 4.78 is 0. The number of nitrogens with zero attached hydrogens (tertiary/aromatic N) is 3. The lowest BCUT2D eigenvalue weighted by molar-refractivity contribution is 0.173. The van der Waals surface area contributed by atoms with E-state index in [0.717, 1.165) is 11.4 Å².